The Bertz CT molecular complexity index is 977. The van der Waals surface area contributed by atoms with Gasteiger partial charge in [-0.15, -0.1) is 0 Å². The van der Waals surface area contributed by atoms with Crippen LogP contribution in [0.25, 0.3) is 0 Å². The number of aliphatic hydroxyl groups is 1. The Labute approximate surface area is 175 Å². The maximum atomic E-state index is 10.9. The average Bonchev–Trinajstić information content (AvgIpc) is 2.79. The standard InChI is InChI=1S/C23H24N2O5/c1-29-22-13-8-17(14-23(22)30-2)21(26)15-20(16-6-4-3-5-7-16)24-18-9-11-19(12-10-18)25(27)28/h3-14,20-21,24,26H,15H2,1-2H3. The molecule has 2 atom stereocenters. The summed E-state index contributed by atoms with van der Waals surface area (Å²) in [5.41, 5.74) is 2.46. The fraction of sp³-hybridized carbons (Fsp3) is 0.217. The van der Waals surface area contributed by atoms with E-state index in [4.69, 9.17) is 9.47 Å². The molecule has 2 unspecified atom stereocenters. The Balaban J connectivity index is 1.83. The van der Waals surface area contributed by atoms with E-state index in [1.165, 1.54) is 12.1 Å². The number of rotatable bonds is 9. The number of non-ortho nitro benzene ring substituents is 1. The lowest BCUT2D eigenvalue weighted by molar-refractivity contribution is -0.384. The SMILES string of the molecule is COc1ccc(C(O)CC(Nc2ccc([N+](=O)[O-])cc2)c2ccccc2)cc1OC. The van der Waals surface area contributed by atoms with Crippen molar-refractivity contribution in [2.75, 3.05) is 19.5 Å². The van der Waals surface area contributed by atoms with Gasteiger partial charge in [0.15, 0.2) is 11.5 Å². The van der Waals surface area contributed by atoms with Gasteiger partial charge in [0.25, 0.3) is 5.69 Å². The van der Waals surface area contributed by atoms with Gasteiger partial charge in [0.05, 0.1) is 31.3 Å². The lowest BCUT2D eigenvalue weighted by Crippen LogP contribution is -2.15. The second-order valence-electron chi connectivity index (χ2n) is 6.78. The average molecular weight is 408 g/mol. The summed E-state index contributed by atoms with van der Waals surface area (Å²) in [6.45, 7) is 0. The number of hydrogen-bond acceptors (Lipinski definition) is 6. The van der Waals surface area contributed by atoms with Crippen LogP contribution in [0.5, 0.6) is 11.5 Å². The van der Waals surface area contributed by atoms with Crippen molar-refractivity contribution in [3.05, 3.63) is 94.0 Å². The molecule has 0 aliphatic carbocycles. The molecule has 0 spiro atoms. The molecule has 7 heteroatoms. The first kappa shape index (κ1) is 21.1. The quantitative estimate of drug-likeness (QED) is 0.387. The molecular weight excluding hydrogens is 384 g/mol. The van der Waals surface area contributed by atoms with E-state index >= 15 is 0 Å². The molecule has 30 heavy (non-hydrogen) atoms. The maximum Gasteiger partial charge on any atom is 0.269 e. The molecule has 0 radical (unpaired) electrons. The van der Waals surface area contributed by atoms with Crippen LogP contribution in [0.1, 0.15) is 29.7 Å². The first-order chi connectivity index (χ1) is 14.5. The molecule has 0 amide bonds. The van der Waals surface area contributed by atoms with Crippen molar-refractivity contribution < 1.29 is 19.5 Å². The molecule has 0 heterocycles. The van der Waals surface area contributed by atoms with Gasteiger partial charge in [-0.3, -0.25) is 10.1 Å². The van der Waals surface area contributed by atoms with E-state index < -0.39 is 11.0 Å². The number of aliphatic hydroxyl groups excluding tert-OH is 1. The van der Waals surface area contributed by atoms with Crippen molar-refractivity contribution in [2.45, 2.75) is 18.6 Å². The molecule has 156 valence electrons. The van der Waals surface area contributed by atoms with Crippen molar-refractivity contribution in [3.63, 3.8) is 0 Å². The monoisotopic (exact) mass is 408 g/mol. The number of methoxy groups -OCH3 is 2. The molecular formula is C23H24N2O5. The molecule has 0 fully saturated rings. The summed E-state index contributed by atoms with van der Waals surface area (Å²) in [5, 5.41) is 25.2. The number of nitrogens with zero attached hydrogens (tertiary/aromatic N) is 1. The summed E-state index contributed by atoms with van der Waals surface area (Å²) in [5.74, 6) is 1.14. The summed E-state index contributed by atoms with van der Waals surface area (Å²) >= 11 is 0. The summed E-state index contributed by atoms with van der Waals surface area (Å²) in [6, 6.07) is 21.1. The van der Waals surface area contributed by atoms with Crippen molar-refractivity contribution in [2.24, 2.45) is 0 Å². The highest BCUT2D eigenvalue weighted by atomic mass is 16.6. The number of ether oxygens (including phenoxy) is 2. The minimum atomic E-state index is -0.763. The van der Waals surface area contributed by atoms with Gasteiger partial charge in [-0.25, -0.2) is 0 Å². The van der Waals surface area contributed by atoms with E-state index in [9.17, 15) is 15.2 Å². The van der Waals surface area contributed by atoms with E-state index in [0.29, 0.717) is 23.5 Å². The molecule has 7 nitrogen and oxygen atoms in total. The molecule has 2 N–H and O–H groups in total. The van der Waals surface area contributed by atoms with Gasteiger partial charge < -0.3 is 19.9 Å². The molecule has 3 rings (SSSR count). The third kappa shape index (κ3) is 5.07. The van der Waals surface area contributed by atoms with E-state index in [-0.39, 0.29) is 11.7 Å². The van der Waals surface area contributed by atoms with Crippen molar-refractivity contribution >= 4 is 11.4 Å². The van der Waals surface area contributed by atoms with Gasteiger partial charge >= 0.3 is 0 Å². The Morgan fingerprint density at radius 2 is 1.60 bits per heavy atom. The Morgan fingerprint density at radius 1 is 0.933 bits per heavy atom. The molecule has 3 aromatic rings. The zero-order valence-electron chi connectivity index (χ0n) is 16.8. The highest BCUT2D eigenvalue weighted by Crippen LogP contribution is 2.34. The molecule has 0 aromatic heterocycles. The lowest BCUT2D eigenvalue weighted by atomic mass is 9.96. The Kier molecular flexibility index (Phi) is 6.87. The number of hydrogen-bond donors (Lipinski definition) is 2. The van der Waals surface area contributed by atoms with Crippen LogP contribution >= 0.6 is 0 Å². The Morgan fingerprint density at radius 3 is 2.20 bits per heavy atom. The van der Waals surface area contributed by atoms with Crippen LogP contribution in [0.3, 0.4) is 0 Å². The smallest absolute Gasteiger partial charge is 0.269 e. The van der Waals surface area contributed by atoms with Gasteiger partial charge in [-0.1, -0.05) is 36.4 Å². The summed E-state index contributed by atoms with van der Waals surface area (Å²) in [4.78, 5) is 10.5. The van der Waals surface area contributed by atoms with Crippen molar-refractivity contribution in [3.8, 4) is 11.5 Å². The first-order valence-electron chi connectivity index (χ1n) is 9.47. The van der Waals surface area contributed by atoms with Crippen LogP contribution in [0, 0.1) is 10.1 Å². The van der Waals surface area contributed by atoms with Gasteiger partial charge in [0.2, 0.25) is 0 Å². The minimum absolute atomic E-state index is 0.0298. The predicted octanol–water partition coefficient (Wildman–Crippen LogP) is 4.89. The van der Waals surface area contributed by atoms with Crippen LogP contribution in [-0.4, -0.2) is 24.2 Å². The van der Waals surface area contributed by atoms with Crippen molar-refractivity contribution in [1.29, 1.82) is 0 Å². The fourth-order valence-electron chi connectivity index (χ4n) is 3.26. The van der Waals surface area contributed by atoms with E-state index in [2.05, 4.69) is 5.32 Å². The van der Waals surface area contributed by atoms with Gasteiger partial charge in [0, 0.05) is 24.2 Å². The normalized spacial score (nSPS) is 12.6. The van der Waals surface area contributed by atoms with E-state index in [1.54, 1.807) is 44.6 Å². The van der Waals surface area contributed by atoms with Gasteiger partial charge in [-0.2, -0.15) is 0 Å². The summed E-state index contributed by atoms with van der Waals surface area (Å²) < 4.78 is 10.6. The van der Waals surface area contributed by atoms with Gasteiger partial charge in [-0.05, 0) is 35.4 Å². The number of nitro benzene ring substituents is 1. The topological polar surface area (TPSA) is 93.9 Å². The largest absolute Gasteiger partial charge is 0.493 e. The third-order valence-electron chi connectivity index (χ3n) is 4.87. The number of anilines is 1. The maximum absolute atomic E-state index is 10.9. The van der Waals surface area contributed by atoms with Crippen LogP contribution in [-0.2, 0) is 0 Å². The van der Waals surface area contributed by atoms with Crippen molar-refractivity contribution in [1.82, 2.24) is 0 Å². The van der Waals surface area contributed by atoms with Crippen LogP contribution in [0.4, 0.5) is 11.4 Å². The second-order valence-corrected chi connectivity index (χ2v) is 6.78. The number of benzene rings is 3. The predicted molar refractivity (Wildman–Crippen MR) is 115 cm³/mol. The number of nitro groups is 1. The molecule has 0 saturated carbocycles. The lowest BCUT2D eigenvalue weighted by Gasteiger charge is -2.24. The molecule has 0 bridgehead atoms. The van der Waals surface area contributed by atoms with Crippen LogP contribution in [0.2, 0.25) is 0 Å². The minimum Gasteiger partial charge on any atom is -0.493 e. The Hall–Kier alpha value is -3.58. The van der Waals surface area contributed by atoms with E-state index in [1.807, 2.05) is 30.3 Å². The molecule has 0 aliphatic heterocycles. The zero-order chi connectivity index (χ0) is 21.5. The fourth-order valence-corrected chi connectivity index (χ4v) is 3.26. The second kappa shape index (κ2) is 9.76. The number of nitrogens with one attached hydrogen (secondary N) is 1. The summed E-state index contributed by atoms with van der Waals surface area (Å²) in [7, 11) is 3.12. The highest BCUT2D eigenvalue weighted by Gasteiger charge is 2.20. The highest BCUT2D eigenvalue weighted by molar-refractivity contribution is 5.50. The van der Waals surface area contributed by atoms with E-state index in [0.717, 1.165) is 11.3 Å². The first-order valence-corrected chi connectivity index (χ1v) is 9.47. The van der Waals surface area contributed by atoms with Crippen LogP contribution in [0.15, 0.2) is 72.8 Å². The molecule has 0 aliphatic rings. The third-order valence-corrected chi connectivity index (χ3v) is 4.87. The zero-order valence-corrected chi connectivity index (χ0v) is 16.8. The molecule has 3 aromatic carbocycles. The van der Waals surface area contributed by atoms with Crippen LogP contribution < -0.4 is 14.8 Å². The summed E-state index contributed by atoms with van der Waals surface area (Å²) in [6.07, 6.45) is -0.378. The molecule has 0 saturated heterocycles. The van der Waals surface area contributed by atoms with Gasteiger partial charge in [0.1, 0.15) is 0 Å².